The summed E-state index contributed by atoms with van der Waals surface area (Å²) in [4.78, 5) is 18.0. The largest absolute Gasteiger partial charge is 0.508 e. The molecule has 5 atom stereocenters. The Morgan fingerprint density at radius 1 is 1.08 bits per heavy atom. The monoisotopic (exact) mass is 690 g/mol. The van der Waals surface area contributed by atoms with Gasteiger partial charge in [0.2, 0.25) is 5.88 Å². The summed E-state index contributed by atoms with van der Waals surface area (Å²) in [6, 6.07) is 5.43. The molecule has 11 nitrogen and oxygen atoms in total. The number of anilines is 1. The number of aromatic nitrogens is 3. The quantitative estimate of drug-likeness (QED) is 0.193. The predicted octanol–water partition coefficient (Wildman–Crippen LogP) is 3.44. The first-order valence-electron chi connectivity index (χ1n) is 16.9. The summed E-state index contributed by atoms with van der Waals surface area (Å²) in [5, 5.41) is 34.7. The van der Waals surface area contributed by atoms with Crippen molar-refractivity contribution in [3.63, 3.8) is 0 Å². The molecule has 0 amide bonds. The van der Waals surface area contributed by atoms with Crippen molar-refractivity contribution in [3.05, 3.63) is 41.5 Å². The molecule has 0 spiro atoms. The van der Waals surface area contributed by atoms with Gasteiger partial charge in [-0.3, -0.25) is 4.90 Å². The van der Waals surface area contributed by atoms with E-state index in [0.29, 0.717) is 37.3 Å². The minimum absolute atomic E-state index is 0.0114. The third kappa shape index (κ3) is 5.62. The average Bonchev–Trinajstić information content (AvgIpc) is 3.76. The number of pyridine rings is 1. The lowest BCUT2D eigenvalue weighted by molar-refractivity contribution is 0.0527. The summed E-state index contributed by atoms with van der Waals surface area (Å²) in [5.41, 5.74) is -1.24. The minimum Gasteiger partial charge on any atom is -0.508 e. The van der Waals surface area contributed by atoms with E-state index >= 15 is 8.78 Å². The summed E-state index contributed by atoms with van der Waals surface area (Å²) in [6.07, 6.45) is 7.35. The molecule has 0 saturated carbocycles. The number of rotatable bonds is 9. The van der Waals surface area contributed by atoms with Gasteiger partial charge in [0.25, 0.3) is 0 Å². The number of piperazine rings is 1. The van der Waals surface area contributed by atoms with E-state index in [9.17, 15) is 19.7 Å². The minimum atomic E-state index is -1.29. The van der Waals surface area contributed by atoms with E-state index in [1.807, 2.05) is 4.90 Å². The van der Waals surface area contributed by atoms with Gasteiger partial charge in [-0.25, -0.2) is 18.2 Å². The van der Waals surface area contributed by atoms with Gasteiger partial charge in [0.15, 0.2) is 5.82 Å². The molecule has 8 rings (SSSR count). The van der Waals surface area contributed by atoms with Crippen LogP contribution in [0.1, 0.15) is 37.7 Å². The van der Waals surface area contributed by atoms with Crippen molar-refractivity contribution in [2.45, 2.75) is 62.0 Å². The Hall–Kier alpha value is -4.42. The molecule has 14 heteroatoms. The van der Waals surface area contributed by atoms with Crippen LogP contribution in [0.4, 0.5) is 19.0 Å². The third-order valence-corrected chi connectivity index (χ3v) is 10.5. The first-order chi connectivity index (χ1) is 24.2. The molecule has 2 bridgehead atoms. The van der Waals surface area contributed by atoms with Gasteiger partial charge in [-0.05, 0) is 55.8 Å². The summed E-state index contributed by atoms with van der Waals surface area (Å²) in [6.45, 7) is 1.30. The Labute approximate surface area is 286 Å². The van der Waals surface area contributed by atoms with Crippen molar-refractivity contribution in [2.75, 3.05) is 50.9 Å². The fraction of sp³-hybridized carbons (Fsp3) is 0.472. The number of terminal acetylenes is 1. The number of aliphatic hydroxyl groups is 2. The maximum absolute atomic E-state index is 17.2. The van der Waals surface area contributed by atoms with E-state index in [1.54, 1.807) is 0 Å². The van der Waals surface area contributed by atoms with Crippen LogP contribution in [0.25, 0.3) is 32.9 Å². The van der Waals surface area contributed by atoms with Crippen molar-refractivity contribution in [3.8, 4) is 41.2 Å². The smallest absolute Gasteiger partial charge is 0.319 e. The SMILES string of the molecule is C#Cc1c(F)ccc2cc(O)cc(-c3nc(OCC(O)CO)c4c(N5CC6CCC(C5)N6)nc(OC[C@@]56CCCN5C[C@H](F)C6)nc4c3F)c12. The van der Waals surface area contributed by atoms with Crippen molar-refractivity contribution in [1.82, 2.24) is 25.2 Å². The number of alkyl halides is 1. The van der Waals surface area contributed by atoms with Crippen LogP contribution < -0.4 is 19.7 Å². The van der Waals surface area contributed by atoms with E-state index in [2.05, 4.69) is 26.1 Å². The summed E-state index contributed by atoms with van der Waals surface area (Å²) >= 11 is 0. The summed E-state index contributed by atoms with van der Waals surface area (Å²) in [5.74, 6) is 0.613. The Morgan fingerprint density at radius 2 is 1.88 bits per heavy atom. The molecule has 4 aliphatic rings. The maximum atomic E-state index is 17.2. The number of aromatic hydroxyl groups is 1. The van der Waals surface area contributed by atoms with Crippen molar-refractivity contribution < 1.29 is 38.0 Å². The molecule has 50 heavy (non-hydrogen) atoms. The number of halogens is 3. The maximum Gasteiger partial charge on any atom is 0.319 e. The Kier molecular flexibility index (Phi) is 8.34. The zero-order valence-corrected chi connectivity index (χ0v) is 27.2. The Balaban J connectivity index is 1.34. The van der Waals surface area contributed by atoms with Crippen LogP contribution in [0.3, 0.4) is 0 Å². The van der Waals surface area contributed by atoms with Gasteiger partial charge in [0.1, 0.15) is 59.5 Å². The van der Waals surface area contributed by atoms with Gasteiger partial charge in [0.05, 0.1) is 17.7 Å². The normalized spacial score (nSPS) is 25.3. The van der Waals surface area contributed by atoms with Crippen LogP contribution in [0.15, 0.2) is 24.3 Å². The molecule has 6 heterocycles. The van der Waals surface area contributed by atoms with Gasteiger partial charge < -0.3 is 35.0 Å². The van der Waals surface area contributed by atoms with Crippen molar-refractivity contribution in [1.29, 1.82) is 0 Å². The van der Waals surface area contributed by atoms with E-state index in [4.69, 9.17) is 20.9 Å². The highest BCUT2D eigenvalue weighted by Crippen LogP contribution is 2.44. The molecule has 4 aliphatic heterocycles. The molecule has 4 N–H and O–H groups in total. The highest BCUT2D eigenvalue weighted by molar-refractivity contribution is 6.04. The zero-order chi connectivity index (χ0) is 34.7. The van der Waals surface area contributed by atoms with Gasteiger partial charge in [-0.2, -0.15) is 9.97 Å². The molecule has 2 aromatic carbocycles. The number of phenols is 1. The molecule has 262 valence electrons. The highest BCUT2D eigenvalue weighted by atomic mass is 19.1. The number of benzene rings is 2. The molecular weight excluding hydrogens is 653 g/mol. The Bertz CT molecular complexity index is 2020. The lowest BCUT2D eigenvalue weighted by Crippen LogP contribution is -2.51. The number of fused-ring (bicyclic) bond motifs is 5. The van der Waals surface area contributed by atoms with Crippen LogP contribution in [0.2, 0.25) is 0 Å². The number of nitrogens with zero attached hydrogens (tertiary/aromatic N) is 5. The molecule has 0 radical (unpaired) electrons. The van der Waals surface area contributed by atoms with Crippen LogP contribution >= 0.6 is 0 Å². The van der Waals surface area contributed by atoms with E-state index in [1.165, 1.54) is 24.3 Å². The molecular formula is C36H37F3N6O5. The molecule has 4 saturated heterocycles. The summed E-state index contributed by atoms with van der Waals surface area (Å²) in [7, 11) is 0. The lowest BCUT2D eigenvalue weighted by Gasteiger charge is -2.35. The molecule has 4 fully saturated rings. The second-order valence-electron chi connectivity index (χ2n) is 13.8. The first kappa shape index (κ1) is 32.8. The lowest BCUT2D eigenvalue weighted by atomic mass is 9.95. The highest BCUT2D eigenvalue weighted by Gasteiger charge is 2.49. The zero-order valence-electron chi connectivity index (χ0n) is 27.2. The van der Waals surface area contributed by atoms with Gasteiger partial charge >= 0.3 is 6.01 Å². The Morgan fingerprint density at radius 3 is 2.64 bits per heavy atom. The number of nitrogens with one attached hydrogen (secondary N) is 1. The summed E-state index contributed by atoms with van der Waals surface area (Å²) < 4.78 is 59.1. The van der Waals surface area contributed by atoms with Crippen molar-refractivity contribution in [2.24, 2.45) is 0 Å². The second kappa shape index (κ2) is 12.7. The topological polar surface area (TPSA) is 136 Å². The molecule has 0 aliphatic carbocycles. The fourth-order valence-corrected chi connectivity index (χ4v) is 8.28. The molecule has 3 unspecified atom stereocenters. The number of hydrogen-bond donors (Lipinski definition) is 4. The third-order valence-electron chi connectivity index (χ3n) is 10.5. The van der Waals surface area contributed by atoms with Crippen LogP contribution in [-0.2, 0) is 0 Å². The molecule has 2 aromatic heterocycles. The number of hydrogen-bond acceptors (Lipinski definition) is 11. The number of aliphatic hydroxyl groups excluding tert-OH is 2. The predicted molar refractivity (Wildman–Crippen MR) is 179 cm³/mol. The standard InChI is InChI=1S/C36H37F3N6O5/c1-2-25-27(38)7-4-19-10-23(47)11-26(28(19)25)31-30(39)32-29(34(41-31)49-17-24(48)16-46)33(44-14-21-5-6-22(15-44)40-21)43-35(42-32)50-18-36-8-3-9-45(36)13-20(37)12-36/h1,4,7,10-11,20-22,24,40,46-48H,3,5-6,8-9,12-18H2/t20-,21?,22?,24?,36+/m1/s1. The van der Waals surface area contributed by atoms with Crippen molar-refractivity contribution >= 4 is 27.5 Å². The number of ether oxygens (including phenoxy) is 2. The fourth-order valence-electron chi connectivity index (χ4n) is 8.28. The van der Waals surface area contributed by atoms with E-state index < -0.39 is 42.7 Å². The van der Waals surface area contributed by atoms with Gasteiger partial charge in [-0.1, -0.05) is 12.0 Å². The molecule has 4 aromatic rings. The first-order valence-corrected chi connectivity index (χ1v) is 16.9. The number of phenolic OH excluding ortho intramolecular Hbond substituents is 1. The van der Waals surface area contributed by atoms with E-state index in [-0.39, 0.29) is 69.4 Å². The van der Waals surface area contributed by atoms with Crippen LogP contribution in [0, 0.1) is 24.0 Å². The van der Waals surface area contributed by atoms with Crippen LogP contribution in [0.5, 0.6) is 17.6 Å². The van der Waals surface area contributed by atoms with E-state index in [0.717, 1.165) is 32.2 Å². The second-order valence-corrected chi connectivity index (χ2v) is 13.8. The van der Waals surface area contributed by atoms with Crippen LogP contribution in [-0.4, -0.2) is 111 Å². The van der Waals surface area contributed by atoms with Gasteiger partial charge in [-0.15, -0.1) is 6.42 Å². The average molecular weight is 691 g/mol. The van der Waals surface area contributed by atoms with Gasteiger partial charge in [0, 0.05) is 49.1 Å².